The van der Waals surface area contributed by atoms with Crippen LogP contribution >= 0.6 is 0 Å². The molecule has 0 amide bonds. The van der Waals surface area contributed by atoms with Crippen LogP contribution in [0.3, 0.4) is 0 Å². The number of rotatable bonds is 3. The Balaban J connectivity index is 1.54. The molecule has 0 saturated carbocycles. The quantitative estimate of drug-likeness (QED) is 0.734. The van der Waals surface area contributed by atoms with Crippen molar-refractivity contribution in [1.29, 1.82) is 0 Å². The van der Waals surface area contributed by atoms with Crippen LogP contribution in [0.1, 0.15) is 5.69 Å². The summed E-state index contributed by atoms with van der Waals surface area (Å²) in [4.78, 5) is 9.08. The smallest absolute Gasteiger partial charge is 0.182 e. The van der Waals surface area contributed by atoms with Crippen molar-refractivity contribution in [3.8, 4) is 5.75 Å². The summed E-state index contributed by atoms with van der Waals surface area (Å²) < 4.78 is 1.74. The van der Waals surface area contributed by atoms with Gasteiger partial charge in [0.15, 0.2) is 17.2 Å². The van der Waals surface area contributed by atoms with E-state index in [1.54, 1.807) is 16.5 Å². The number of likely N-dealkylation sites (N-methyl/N-ethyl adjacent to an activating group) is 1. The average Bonchev–Trinajstić information content (AvgIpc) is 2.98. The maximum absolute atomic E-state index is 9.90. The van der Waals surface area contributed by atoms with Gasteiger partial charge in [-0.2, -0.15) is 0 Å². The number of hydrogen-bond acceptors (Lipinski definition) is 6. The highest BCUT2D eigenvalue weighted by molar-refractivity contribution is 5.60. The highest BCUT2D eigenvalue weighted by Gasteiger charge is 2.14. The molecule has 4 rings (SSSR count). The summed E-state index contributed by atoms with van der Waals surface area (Å²) in [6.07, 6.45) is 1.82. The SMILES string of the molecule is Cc1nc2c(O)cccn2c1N=Nc1ccc(N2CCN(C)CC2)cc1. The van der Waals surface area contributed by atoms with Crippen LogP contribution in [0.25, 0.3) is 5.65 Å². The summed E-state index contributed by atoms with van der Waals surface area (Å²) in [6.45, 7) is 6.12. The molecule has 1 saturated heterocycles. The zero-order valence-corrected chi connectivity index (χ0v) is 15.0. The lowest BCUT2D eigenvalue weighted by atomic mass is 10.2. The first-order valence-electron chi connectivity index (χ1n) is 8.74. The number of aromatic nitrogens is 2. The van der Waals surface area contributed by atoms with Gasteiger partial charge in [0, 0.05) is 38.1 Å². The first-order chi connectivity index (χ1) is 12.6. The van der Waals surface area contributed by atoms with Crippen molar-refractivity contribution in [1.82, 2.24) is 14.3 Å². The van der Waals surface area contributed by atoms with Gasteiger partial charge in [-0.1, -0.05) is 0 Å². The Hall–Kier alpha value is -2.93. The molecule has 0 radical (unpaired) electrons. The molecular formula is C19H22N6O. The van der Waals surface area contributed by atoms with Crippen LogP contribution in [0.4, 0.5) is 17.2 Å². The number of piperazine rings is 1. The van der Waals surface area contributed by atoms with Gasteiger partial charge in [0.1, 0.15) is 0 Å². The standard InChI is InChI=1S/C19H22N6O/c1-14-18(25-9-3-4-17(26)19(25)20-14)22-21-15-5-7-16(8-6-15)24-12-10-23(2)11-13-24/h3-9,26H,10-13H2,1-2H3. The second kappa shape index (κ2) is 6.76. The summed E-state index contributed by atoms with van der Waals surface area (Å²) >= 11 is 0. The Bertz CT molecular complexity index is 939. The zero-order chi connectivity index (χ0) is 18.1. The molecule has 2 aromatic heterocycles. The molecule has 1 aromatic carbocycles. The summed E-state index contributed by atoms with van der Waals surface area (Å²) in [5.74, 6) is 0.757. The van der Waals surface area contributed by atoms with Gasteiger partial charge in [-0.05, 0) is 50.4 Å². The van der Waals surface area contributed by atoms with Crippen LogP contribution in [0, 0.1) is 6.92 Å². The van der Waals surface area contributed by atoms with Crippen LogP contribution in [0.15, 0.2) is 52.8 Å². The summed E-state index contributed by atoms with van der Waals surface area (Å²) in [6, 6.07) is 11.5. The van der Waals surface area contributed by atoms with Crippen molar-refractivity contribution < 1.29 is 5.11 Å². The first kappa shape index (κ1) is 16.5. The van der Waals surface area contributed by atoms with Gasteiger partial charge in [-0.25, -0.2) is 4.98 Å². The number of pyridine rings is 1. The molecule has 3 aromatic rings. The highest BCUT2D eigenvalue weighted by Crippen LogP contribution is 2.28. The Morgan fingerprint density at radius 3 is 2.46 bits per heavy atom. The average molecular weight is 350 g/mol. The number of azo groups is 1. The molecule has 7 nitrogen and oxygen atoms in total. The van der Waals surface area contributed by atoms with Crippen LogP contribution in [-0.4, -0.2) is 52.6 Å². The molecule has 26 heavy (non-hydrogen) atoms. The predicted octanol–water partition coefficient (Wildman–Crippen LogP) is 3.52. The van der Waals surface area contributed by atoms with E-state index in [0.29, 0.717) is 11.5 Å². The van der Waals surface area contributed by atoms with E-state index in [-0.39, 0.29) is 5.75 Å². The van der Waals surface area contributed by atoms with E-state index in [2.05, 4.69) is 44.2 Å². The molecule has 1 aliphatic rings. The van der Waals surface area contributed by atoms with Gasteiger partial charge >= 0.3 is 0 Å². The summed E-state index contributed by atoms with van der Waals surface area (Å²) in [5.41, 5.74) is 3.22. The number of anilines is 1. The highest BCUT2D eigenvalue weighted by atomic mass is 16.3. The van der Waals surface area contributed by atoms with E-state index < -0.39 is 0 Å². The maximum Gasteiger partial charge on any atom is 0.182 e. The molecule has 0 atom stereocenters. The topological polar surface area (TPSA) is 68.7 Å². The number of fused-ring (bicyclic) bond motifs is 1. The normalized spacial score (nSPS) is 16.0. The van der Waals surface area contributed by atoms with Crippen LogP contribution in [-0.2, 0) is 0 Å². The Morgan fingerprint density at radius 1 is 1.00 bits per heavy atom. The second-order valence-electron chi connectivity index (χ2n) is 6.61. The van der Waals surface area contributed by atoms with Crippen molar-refractivity contribution in [3.63, 3.8) is 0 Å². The minimum atomic E-state index is 0.133. The molecule has 0 spiro atoms. The zero-order valence-electron chi connectivity index (χ0n) is 15.0. The van der Waals surface area contributed by atoms with Crippen molar-refractivity contribution in [3.05, 3.63) is 48.3 Å². The number of nitrogens with zero attached hydrogens (tertiary/aromatic N) is 6. The van der Waals surface area contributed by atoms with E-state index in [1.165, 1.54) is 5.69 Å². The summed E-state index contributed by atoms with van der Waals surface area (Å²) in [5, 5.41) is 18.6. The van der Waals surface area contributed by atoms with Crippen molar-refractivity contribution in [2.24, 2.45) is 10.2 Å². The molecule has 7 heteroatoms. The third-order valence-electron chi connectivity index (χ3n) is 4.75. The van der Waals surface area contributed by atoms with Crippen LogP contribution in [0.5, 0.6) is 5.75 Å². The number of benzene rings is 1. The van der Waals surface area contributed by atoms with E-state index >= 15 is 0 Å². The largest absolute Gasteiger partial charge is 0.504 e. The number of aryl methyl sites for hydroxylation is 1. The van der Waals surface area contributed by atoms with Crippen molar-refractivity contribution in [2.75, 3.05) is 38.1 Å². The molecule has 1 aliphatic heterocycles. The van der Waals surface area contributed by atoms with Gasteiger partial charge < -0.3 is 14.9 Å². The molecule has 3 heterocycles. The van der Waals surface area contributed by atoms with E-state index in [1.807, 2.05) is 25.3 Å². The van der Waals surface area contributed by atoms with E-state index in [9.17, 15) is 5.11 Å². The Morgan fingerprint density at radius 2 is 1.73 bits per heavy atom. The molecule has 1 fully saturated rings. The van der Waals surface area contributed by atoms with Crippen molar-refractivity contribution >= 4 is 22.8 Å². The van der Waals surface area contributed by atoms with Gasteiger partial charge in [0.2, 0.25) is 0 Å². The van der Waals surface area contributed by atoms with Gasteiger partial charge in [-0.15, -0.1) is 10.2 Å². The molecule has 134 valence electrons. The lowest BCUT2D eigenvalue weighted by Gasteiger charge is -2.34. The Labute approximate surface area is 152 Å². The predicted molar refractivity (Wildman–Crippen MR) is 102 cm³/mol. The minimum absolute atomic E-state index is 0.133. The fourth-order valence-electron chi connectivity index (χ4n) is 3.17. The summed E-state index contributed by atoms with van der Waals surface area (Å²) in [7, 11) is 2.16. The van der Waals surface area contributed by atoms with E-state index in [0.717, 1.165) is 37.6 Å². The van der Waals surface area contributed by atoms with E-state index in [4.69, 9.17) is 0 Å². The molecule has 0 unspecified atom stereocenters. The van der Waals surface area contributed by atoms with Gasteiger partial charge in [0.05, 0.1) is 11.4 Å². The number of hydrogen-bond donors (Lipinski definition) is 1. The molecule has 0 aliphatic carbocycles. The number of imidazole rings is 1. The second-order valence-corrected chi connectivity index (χ2v) is 6.61. The van der Waals surface area contributed by atoms with Crippen LogP contribution < -0.4 is 4.90 Å². The third-order valence-corrected chi connectivity index (χ3v) is 4.75. The molecule has 0 bridgehead atoms. The van der Waals surface area contributed by atoms with Gasteiger partial charge in [-0.3, -0.25) is 4.40 Å². The fourth-order valence-corrected chi connectivity index (χ4v) is 3.17. The van der Waals surface area contributed by atoms with Crippen LogP contribution in [0.2, 0.25) is 0 Å². The first-order valence-corrected chi connectivity index (χ1v) is 8.74. The Kier molecular flexibility index (Phi) is 4.30. The lowest BCUT2D eigenvalue weighted by Crippen LogP contribution is -2.44. The van der Waals surface area contributed by atoms with Crippen molar-refractivity contribution in [2.45, 2.75) is 6.92 Å². The molecule has 1 N–H and O–H groups in total. The third kappa shape index (κ3) is 3.13. The maximum atomic E-state index is 9.90. The lowest BCUT2D eigenvalue weighted by molar-refractivity contribution is 0.313. The minimum Gasteiger partial charge on any atom is -0.504 e. The number of aromatic hydroxyl groups is 1. The van der Waals surface area contributed by atoms with Gasteiger partial charge in [0.25, 0.3) is 0 Å². The monoisotopic (exact) mass is 350 g/mol. The fraction of sp³-hybridized carbons (Fsp3) is 0.316. The molecular weight excluding hydrogens is 328 g/mol.